The summed E-state index contributed by atoms with van der Waals surface area (Å²) in [6.45, 7) is 0.620. The van der Waals surface area contributed by atoms with Crippen molar-refractivity contribution >= 4 is 27.9 Å². The monoisotopic (exact) mass is 280 g/mol. The van der Waals surface area contributed by atoms with Crippen LogP contribution in [-0.2, 0) is 6.54 Å². The predicted octanol–water partition coefficient (Wildman–Crippen LogP) is 1.64. The molecule has 4 aromatic rings. The quantitative estimate of drug-likeness (QED) is 0.517. The second kappa shape index (κ2) is 4.20. The average Bonchev–Trinajstić information content (AvgIpc) is 3.02. The molecule has 3 aromatic heterocycles. The summed E-state index contributed by atoms with van der Waals surface area (Å²) in [5.41, 5.74) is 9.08. The van der Waals surface area contributed by atoms with Crippen molar-refractivity contribution in [1.82, 2.24) is 24.5 Å². The summed E-state index contributed by atoms with van der Waals surface area (Å²) < 4.78 is 1.92. The van der Waals surface area contributed by atoms with E-state index in [9.17, 15) is 5.11 Å². The third-order valence-corrected chi connectivity index (χ3v) is 3.45. The van der Waals surface area contributed by atoms with Gasteiger partial charge in [-0.25, -0.2) is 15.0 Å². The highest BCUT2D eigenvalue weighted by Gasteiger charge is 2.08. The highest BCUT2D eigenvalue weighted by molar-refractivity contribution is 5.82. The zero-order valence-corrected chi connectivity index (χ0v) is 11.0. The van der Waals surface area contributed by atoms with Gasteiger partial charge in [0.1, 0.15) is 11.8 Å². The Labute approximate surface area is 119 Å². The van der Waals surface area contributed by atoms with E-state index in [0.717, 1.165) is 16.5 Å². The van der Waals surface area contributed by atoms with E-state index in [4.69, 9.17) is 5.73 Å². The molecule has 0 saturated carbocycles. The van der Waals surface area contributed by atoms with Gasteiger partial charge < -0.3 is 20.4 Å². The van der Waals surface area contributed by atoms with E-state index < -0.39 is 0 Å². The molecular weight excluding hydrogens is 268 g/mol. The van der Waals surface area contributed by atoms with Gasteiger partial charge >= 0.3 is 0 Å². The molecule has 4 N–H and O–H groups in total. The third-order valence-electron chi connectivity index (χ3n) is 3.45. The number of hydrogen-bond donors (Lipinski definition) is 3. The van der Waals surface area contributed by atoms with Gasteiger partial charge in [0.25, 0.3) is 0 Å². The zero-order valence-electron chi connectivity index (χ0n) is 11.0. The second-order valence-corrected chi connectivity index (χ2v) is 4.88. The minimum atomic E-state index is 0.163. The van der Waals surface area contributed by atoms with E-state index in [1.165, 1.54) is 6.33 Å². The van der Waals surface area contributed by atoms with Crippen LogP contribution in [0.25, 0.3) is 22.1 Å². The second-order valence-electron chi connectivity index (χ2n) is 4.88. The van der Waals surface area contributed by atoms with Gasteiger partial charge in [-0.05, 0) is 17.7 Å². The molecule has 0 spiro atoms. The van der Waals surface area contributed by atoms with Crippen molar-refractivity contribution < 1.29 is 5.11 Å². The van der Waals surface area contributed by atoms with Crippen molar-refractivity contribution in [3.63, 3.8) is 0 Å². The van der Waals surface area contributed by atoms with E-state index in [2.05, 4.69) is 19.9 Å². The minimum Gasteiger partial charge on any atom is -0.495 e. The van der Waals surface area contributed by atoms with Crippen LogP contribution < -0.4 is 5.73 Å². The molecule has 0 amide bonds. The number of nitrogens with zero attached hydrogens (tertiary/aromatic N) is 4. The van der Waals surface area contributed by atoms with E-state index >= 15 is 0 Å². The summed E-state index contributed by atoms with van der Waals surface area (Å²) in [4.78, 5) is 15.3. The number of fused-ring (bicyclic) bond motifs is 2. The molecule has 1 aromatic carbocycles. The van der Waals surface area contributed by atoms with Gasteiger partial charge in [-0.3, -0.25) is 0 Å². The smallest absolute Gasteiger partial charge is 0.189 e. The van der Waals surface area contributed by atoms with Crippen LogP contribution in [0.15, 0.2) is 36.9 Å². The summed E-state index contributed by atoms with van der Waals surface area (Å²) in [6, 6.07) is 7.65. The standard InChI is InChI=1S/C14H12N6O/c15-13-12-14(17-6-16-13)20(7-18-12)5-8-1-2-10-9(3-8)4-11(21)19-10/h1-4,6-7,19,21H,5H2,(H2,15,16,17). The molecule has 0 aliphatic heterocycles. The third kappa shape index (κ3) is 1.86. The average molecular weight is 280 g/mol. The Balaban J connectivity index is 1.77. The fraction of sp³-hybridized carbons (Fsp3) is 0.0714. The summed E-state index contributed by atoms with van der Waals surface area (Å²) in [6.07, 6.45) is 3.14. The minimum absolute atomic E-state index is 0.163. The van der Waals surface area contributed by atoms with E-state index in [-0.39, 0.29) is 5.88 Å². The molecule has 7 heteroatoms. The lowest BCUT2D eigenvalue weighted by Gasteiger charge is -2.04. The van der Waals surface area contributed by atoms with Gasteiger partial charge in [0, 0.05) is 17.0 Å². The van der Waals surface area contributed by atoms with Crippen LogP contribution in [-0.4, -0.2) is 29.6 Å². The van der Waals surface area contributed by atoms with Gasteiger partial charge in [0.2, 0.25) is 0 Å². The molecular formula is C14H12N6O. The van der Waals surface area contributed by atoms with E-state index in [1.807, 2.05) is 22.8 Å². The Kier molecular flexibility index (Phi) is 2.34. The normalized spacial score (nSPS) is 11.4. The summed E-state index contributed by atoms with van der Waals surface area (Å²) >= 11 is 0. The molecule has 104 valence electrons. The molecule has 0 saturated heterocycles. The van der Waals surface area contributed by atoms with Crippen LogP contribution in [0.1, 0.15) is 5.56 Å². The van der Waals surface area contributed by atoms with E-state index in [1.54, 1.807) is 12.4 Å². The molecule has 0 unspecified atom stereocenters. The Morgan fingerprint density at radius 2 is 2.10 bits per heavy atom. The Bertz CT molecular complexity index is 955. The Hall–Kier alpha value is -3.09. The number of benzene rings is 1. The number of nitrogen functional groups attached to an aromatic ring is 1. The maximum absolute atomic E-state index is 9.47. The highest BCUT2D eigenvalue weighted by atomic mass is 16.3. The molecule has 0 fully saturated rings. The number of H-pyrrole nitrogens is 1. The van der Waals surface area contributed by atoms with Crippen molar-refractivity contribution in [3.05, 3.63) is 42.5 Å². The fourth-order valence-electron chi connectivity index (χ4n) is 2.48. The highest BCUT2D eigenvalue weighted by Crippen LogP contribution is 2.22. The van der Waals surface area contributed by atoms with Crippen molar-refractivity contribution in [3.8, 4) is 5.88 Å². The lowest BCUT2D eigenvalue weighted by Crippen LogP contribution is -2.00. The first-order valence-corrected chi connectivity index (χ1v) is 6.42. The number of aromatic amines is 1. The van der Waals surface area contributed by atoms with Gasteiger partial charge in [-0.1, -0.05) is 6.07 Å². The van der Waals surface area contributed by atoms with Crippen molar-refractivity contribution in [1.29, 1.82) is 0 Å². The van der Waals surface area contributed by atoms with Gasteiger partial charge in [0.05, 0.1) is 12.9 Å². The molecule has 0 aliphatic carbocycles. The Morgan fingerprint density at radius 3 is 3.00 bits per heavy atom. The molecule has 21 heavy (non-hydrogen) atoms. The lowest BCUT2D eigenvalue weighted by molar-refractivity contribution is 0.458. The van der Waals surface area contributed by atoms with Crippen molar-refractivity contribution in [2.24, 2.45) is 0 Å². The molecule has 0 radical (unpaired) electrons. The fourth-order valence-corrected chi connectivity index (χ4v) is 2.48. The van der Waals surface area contributed by atoms with Crippen LogP contribution in [0.2, 0.25) is 0 Å². The van der Waals surface area contributed by atoms with Crippen molar-refractivity contribution in [2.45, 2.75) is 6.54 Å². The van der Waals surface area contributed by atoms with Crippen LogP contribution in [0.5, 0.6) is 5.88 Å². The maximum atomic E-state index is 9.47. The van der Waals surface area contributed by atoms with Gasteiger partial charge in [0.15, 0.2) is 17.3 Å². The molecule has 0 atom stereocenters. The number of anilines is 1. The van der Waals surface area contributed by atoms with Crippen LogP contribution in [0, 0.1) is 0 Å². The van der Waals surface area contributed by atoms with Crippen LogP contribution in [0.4, 0.5) is 5.82 Å². The first-order chi connectivity index (χ1) is 10.2. The number of hydrogen-bond acceptors (Lipinski definition) is 5. The number of nitrogens with one attached hydrogen (secondary N) is 1. The molecule has 0 aliphatic rings. The number of nitrogens with two attached hydrogens (primary N) is 1. The maximum Gasteiger partial charge on any atom is 0.189 e. The largest absolute Gasteiger partial charge is 0.495 e. The van der Waals surface area contributed by atoms with Crippen molar-refractivity contribution in [2.75, 3.05) is 5.73 Å². The zero-order chi connectivity index (χ0) is 14.4. The van der Waals surface area contributed by atoms with Crippen LogP contribution in [0.3, 0.4) is 0 Å². The summed E-state index contributed by atoms with van der Waals surface area (Å²) in [5.74, 6) is 0.542. The first kappa shape index (κ1) is 11.7. The number of aromatic hydroxyl groups is 1. The number of rotatable bonds is 2. The molecule has 7 nitrogen and oxygen atoms in total. The SMILES string of the molecule is Nc1ncnc2c1ncn2Cc1ccc2[nH]c(O)cc2c1. The van der Waals surface area contributed by atoms with Crippen LogP contribution >= 0.6 is 0 Å². The summed E-state index contributed by atoms with van der Waals surface area (Å²) in [7, 11) is 0. The topological polar surface area (TPSA) is 106 Å². The molecule has 0 bridgehead atoms. The number of imidazole rings is 1. The summed E-state index contributed by atoms with van der Waals surface area (Å²) in [5, 5.41) is 10.4. The molecule has 3 heterocycles. The van der Waals surface area contributed by atoms with Gasteiger partial charge in [-0.15, -0.1) is 0 Å². The predicted molar refractivity (Wildman–Crippen MR) is 78.8 cm³/mol. The molecule has 4 rings (SSSR count). The Morgan fingerprint density at radius 1 is 1.19 bits per heavy atom. The first-order valence-electron chi connectivity index (χ1n) is 6.42. The lowest BCUT2D eigenvalue weighted by atomic mass is 10.1. The van der Waals surface area contributed by atoms with E-state index in [0.29, 0.717) is 23.5 Å². The van der Waals surface area contributed by atoms with Gasteiger partial charge in [-0.2, -0.15) is 0 Å². The number of aromatic nitrogens is 5.